The van der Waals surface area contributed by atoms with E-state index in [4.69, 9.17) is 9.59 Å². The Morgan fingerprint density at radius 3 is 1.20 bits per heavy atom. The fraction of sp³-hybridized carbons (Fsp3) is 0. The molecule has 0 rings (SSSR count). The molecule has 0 aliphatic heterocycles. The average Bonchev–Trinajstić information content (AvgIpc) is 1.37. The molecular weight excluding hydrogens is 152 g/mol. The average molecular weight is 154 g/mol. The van der Waals surface area contributed by atoms with Gasteiger partial charge in [-0.1, -0.05) is 0 Å². The van der Waals surface area contributed by atoms with Crippen LogP contribution >= 0.6 is 0 Å². The Labute approximate surface area is 43.8 Å². The third-order valence-corrected chi connectivity index (χ3v) is 0.0556. The number of hydrogen-bond acceptors (Lipinski definition) is 2. The minimum Gasteiger partial charge on any atom is -0.295 e. The van der Waals surface area contributed by atoms with Crippen molar-refractivity contribution in [3.8, 4) is 0 Å². The second-order valence-corrected chi connectivity index (χ2v) is 0.272. The molecule has 0 radical (unpaired) electrons. The molecule has 0 N–H and O–H groups in total. The van der Waals surface area contributed by atoms with Crippen LogP contribution < -0.4 is 0 Å². The van der Waals surface area contributed by atoms with Crippen LogP contribution in [0.3, 0.4) is 0 Å². The Balaban J connectivity index is 0. The maximum Gasteiger partial charge on any atom is 0.182 e. The molecule has 0 aliphatic carbocycles. The number of hydrogen-bond donors (Lipinski definition) is 0. The molecule has 0 heterocycles. The van der Waals surface area contributed by atoms with Gasteiger partial charge >= 0.3 is 0 Å². The minimum atomic E-state index is 0. The molecular formula is C2H2MoO2. The second kappa shape index (κ2) is 8.98. The van der Waals surface area contributed by atoms with Crippen molar-refractivity contribution >= 4 is 12.6 Å². The van der Waals surface area contributed by atoms with E-state index in [0.717, 1.165) is 0 Å². The molecule has 0 atom stereocenters. The first-order valence-corrected chi connectivity index (χ1v) is 0.805. The Morgan fingerprint density at radius 1 is 1.00 bits per heavy atom. The molecule has 0 saturated carbocycles. The quantitative estimate of drug-likeness (QED) is 0.286. The number of rotatable bonds is 1. The first kappa shape index (κ1) is 8.90. The minimum absolute atomic E-state index is 0. The van der Waals surface area contributed by atoms with E-state index in [9.17, 15) is 0 Å². The van der Waals surface area contributed by atoms with Gasteiger partial charge in [-0.2, -0.15) is 0 Å². The van der Waals surface area contributed by atoms with Gasteiger partial charge in [0, 0.05) is 21.1 Å². The summed E-state index contributed by atoms with van der Waals surface area (Å²) in [7, 11) is 0. The zero-order valence-electron chi connectivity index (χ0n) is 2.38. The molecule has 2 nitrogen and oxygen atoms in total. The molecule has 0 aromatic rings. The van der Waals surface area contributed by atoms with E-state index in [1.807, 2.05) is 0 Å². The zero-order valence-corrected chi connectivity index (χ0v) is 4.39. The van der Waals surface area contributed by atoms with Gasteiger partial charge in [-0.05, 0) is 0 Å². The molecule has 0 aromatic heterocycles. The molecule has 5 heavy (non-hydrogen) atoms. The van der Waals surface area contributed by atoms with Gasteiger partial charge in [0.05, 0.1) is 0 Å². The van der Waals surface area contributed by atoms with Gasteiger partial charge in [0.25, 0.3) is 0 Å². The molecule has 0 amide bonds. The summed E-state index contributed by atoms with van der Waals surface area (Å²) in [5.41, 5.74) is 0. The summed E-state index contributed by atoms with van der Waals surface area (Å²) < 4.78 is 0. The van der Waals surface area contributed by atoms with Crippen LogP contribution in [0.15, 0.2) is 0 Å². The smallest absolute Gasteiger partial charge is 0.182 e. The number of carbonyl (C=O) groups is 2. The van der Waals surface area contributed by atoms with Crippen LogP contribution in [-0.4, -0.2) is 12.6 Å². The monoisotopic (exact) mass is 156 g/mol. The Kier molecular flexibility index (Phi) is 16.0. The molecule has 0 unspecified atom stereocenters. The summed E-state index contributed by atoms with van der Waals surface area (Å²) in [5.74, 6) is 0. The molecule has 28 valence electrons. The van der Waals surface area contributed by atoms with Crippen LogP contribution in [0.1, 0.15) is 0 Å². The Bertz CT molecular complexity index is 28.6. The standard InChI is InChI=1S/C2H2O2.Mo/c3-1-2-4;/h1-2H;. The fourth-order valence-electron chi connectivity index (χ4n) is 0. The topological polar surface area (TPSA) is 34.1 Å². The molecule has 0 bridgehead atoms. The first-order valence-electron chi connectivity index (χ1n) is 0.805. The third-order valence-electron chi connectivity index (χ3n) is 0.0556. The van der Waals surface area contributed by atoms with Gasteiger partial charge in [-0.25, -0.2) is 0 Å². The van der Waals surface area contributed by atoms with E-state index >= 15 is 0 Å². The van der Waals surface area contributed by atoms with Crippen LogP contribution in [-0.2, 0) is 30.7 Å². The van der Waals surface area contributed by atoms with E-state index in [2.05, 4.69) is 0 Å². The van der Waals surface area contributed by atoms with Crippen molar-refractivity contribution in [1.82, 2.24) is 0 Å². The van der Waals surface area contributed by atoms with Crippen molar-refractivity contribution in [3.63, 3.8) is 0 Å². The molecule has 0 spiro atoms. The summed E-state index contributed by atoms with van der Waals surface area (Å²) in [6.45, 7) is 0. The zero-order chi connectivity index (χ0) is 3.41. The molecule has 3 heteroatoms. The van der Waals surface area contributed by atoms with Gasteiger partial charge in [0.1, 0.15) is 0 Å². The summed E-state index contributed by atoms with van der Waals surface area (Å²) in [6.07, 6.45) is 0.389. The van der Waals surface area contributed by atoms with Crippen molar-refractivity contribution in [2.45, 2.75) is 0 Å². The van der Waals surface area contributed by atoms with E-state index in [1.54, 1.807) is 0 Å². The van der Waals surface area contributed by atoms with E-state index in [-0.39, 0.29) is 33.6 Å². The summed E-state index contributed by atoms with van der Waals surface area (Å²) in [5, 5.41) is 0. The van der Waals surface area contributed by atoms with Crippen molar-refractivity contribution in [2.75, 3.05) is 0 Å². The predicted molar refractivity (Wildman–Crippen MR) is 12.1 cm³/mol. The first-order chi connectivity index (χ1) is 1.91. The Morgan fingerprint density at radius 2 is 1.20 bits per heavy atom. The van der Waals surface area contributed by atoms with Gasteiger partial charge < -0.3 is 0 Å². The fourth-order valence-corrected chi connectivity index (χ4v) is 0. The number of carbonyl (C=O) groups excluding carboxylic acids is 2. The Hall–Kier alpha value is 0.0283. The van der Waals surface area contributed by atoms with E-state index in [0.29, 0.717) is 0 Å². The van der Waals surface area contributed by atoms with Crippen molar-refractivity contribution in [3.05, 3.63) is 0 Å². The molecule has 0 saturated heterocycles. The van der Waals surface area contributed by atoms with E-state index < -0.39 is 0 Å². The van der Waals surface area contributed by atoms with Crippen LogP contribution in [0.5, 0.6) is 0 Å². The summed E-state index contributed by atoms with van der Waals surface area (Å²) >= 11 is 0. The van der Waals surface area contributed by atoms with Gasteiger partial charge in [0.2, 0.25) is 0 Å². The number of aldehydes is 2. The van der Waals surface area contributed by atoms with Gasteiger partial charge in [0.15, 0.2) is 12.6 Å². The molecule has 0 aromatic carbocycles. The van der Waals surface area contributed by atoms with Gasteiger partial charge in [-0.15, -0.1) is 0 Å². The largest absolute Gasteiger partial charge is 0.295 e. The van der Waals surface area contributed by atoms with Crippen LogP contribution in [0.2, 0.25) is 0 Å². The van der Waals surface area contributed by atoms with Crippen LogP contribution in [0.25, 0.3) is 0 Å². The maximum absolute atomic E-state index is 8.81. The summed E-state index contributed by atoms with van der Waals surface area (Å²) in [6, 6.07) is 0. The predicted octanol–water partition coefficient (Wildman–Crippen LogP) is -0.618. The normalized spacial score (nSPS) is 4.00. The van der Waals surface area contributed by atoms with Gasteiger partial charge in [-0.3, -0.25) is 9.59 Å². The summed E-state index contributed by atoms with van der Waals surface area (Å²) in [4.78, 5) is 17.6. The van der Waals surface area contributed by atoms with Crippen molar-refractivity contribution in [1.29, 1.82) is 0 Å². The molecule has 0 aliphatic rings. The maximum atomic E-state index is 8.81. The van der Waals surface area contributed by atoms with E-state index in [1.165, 1.54) is 0 Å². The van der Waals surface area contributed by atoms with Crippen LogP contribution in [0, 0.1) is 0 Å². The molecule has 0 fully saturated rings. The third kappa shape index (κ3) is 15.7. The van der Waals surface area contributed by atoms with Crippen molar-refractivity contribution < 1.29 is 30.7 Å². The SMILES string of the molecule is O=CC=O.[Mo]. The second-order valence-electron chi connectivity index (χ2n) is 0.272. The van der Waals surface area contributed by atoms with Crippen LogP contribution in [0.4, 0.5) is 0 Å². The van der Waals surface area contributed by atoms with Crippen molar-refractivity contribution in [2.24, 2.45) is 0 Å².